The molecule has 5 nitrogen and oxygen atoms in total. The first-order valence-corrected chi connectivity index (χ1v) is 9.68. The SMILES string of the molecule is N#Cc1c(NC(=O)[C@@H]2C3C=CC(C3)[C@@H]2C(=O)O)sc2c1CCCCC2. The van der Waals surface area contributed by atoms with Crippen LogP contribution >= 0.6 is 11.3 Å². The molecule has 1 aromatic rings. The largest absolute Gasteiger partial charge is 0.481 e. The predicted molar refractivity (Wildman–Crippen MR) is 94.3 cm³/mol. The molecule has 3 aliphatic carbocycles. The molecule has 0 radical (unpaired) electrons. The number of carbonyl (C=O) groups excluding carboxylic acids is 1. The van der Waals surface area contributed by atoms with Gasteiger partial charge in [0.1, 0.15) is 11.1 Å². The van der Waals surface area contributed by atoms with E-state index in [0.717, 1.165) is 37.7 Å². The van der Waals surface area contributed by atoms with Crippen LogP contribution in [0.25, 0.3) is 0 Å². The van der Waals surface area contributed by atoms with Crippen LogP contribution in [-0.2, 0) is 22.4 Å². The molecule has 4 rings (SSSR count). The number of nitrogens with one attached hydrogen (secondary N) is 1. The predicted octanol–water partition coefficient (Wildman–Crippen LogP) is 3.35. The molecule has 1 amide bonds. The van der Waals surface area contributed by atoms with Gasteiger partial charge >= 0.3 is 5.97 Å². The molecule has 3 aliphatic rings. The van der Waals surface area contributed by atoms with E-state index in [-0.39, 0.29) is 17.7 Å². The van der Waals surface area contributed by atoms with Crippen LogP contribution in [-0.4, -0.2) is 17.0 Å². The van der Waals surface area contributed by atoms with E-state index in [2.05, 4.69) is 11.4 Å². The number of anilines is 1. The van der Waals surface area contributed by atoms with Crippen molar-refractivity contribution in [3.63, 3.8) is 0 Å². The third-order valence-electron chi connectivity index (χ3n) is 5.82. The summed E-state index contributed by atoms with van der Waals surface area (Å²) in [7, 11) is 0. The smallest absolute Gasteiger partial charge is 0.307 e. The first-order chi connectivity index (χ1) is 12.1. The average Bonchev–Trinajstić information content (AvgIpc) is 3.23. The Labute approximate surface area is 150 Å². The van der Waals surface area contributed by atoms with E-state index in [1.54, 1.807) is 0 Å². The van der Waals surface area contributed by atoms with E-state index in [1.165, 1.54) is 22.6 Å². The summed E-state index contributed by atoms with van der Waals surface area (Å²) in [5, 5.41) is 22.6. The number of allylic oxidation sites excluding steroid dienone is 2. The number of carboxylic acid groups (broad SMARTS) is 1. The maximum Gasteiger partial charge on any atom is 0.307 e. The van der Waals surface area contributed by atoms with E-state index in [4.69, 9.17) is 0 Å². The molecule has 2 bridgehead atoms. The fraction of sp³-hybridized carbons (Fsp3) is 0.526. The molecule has 25 heavy (non-hydrogen) atoms. The van der Waals surface area contributed by atoms with Crippen molar-refractivity contribution in [2.75, 3.05) is 5.32 Å². The monoisotopic (exact) mass is 356 g/mol. The topological polar surface area (TPSA) is 90.2 Å². The second-order valence-electron chi connectivity index (χ2n) is 7.21. The molecular weight excluding hydrogens is 336 g/mol. The third-order valence-corrected chi connectivity index (χ3v) is 7.02. The highest BCUT2D eigenvalue weighted by molar-refractivity contribution is 7.16. The number of carbonyl (C=O) groups is 2. The molecule has 0 spiro atoms. The highest BCUT2D eigenvalue weighted by Gasteiger charge is 2.51. The highest BCUT2D eigenvalue weighted by atomic mass is 32.1. The van der Waals surface area contributed by atoms with E-state index >= 15 is 0 Å². The van der Waals surface area contributed by atoms with Crippen LogP contribution in [0.3, 0.4) is 0 Å². The van der Waals surface area contributed by atoms with Gasteiger partial charge in [0.2, 0.25) is 5.91 Å². The molecule has 130 valence electrons. The van der Waals surface area contributed by atoms with Crippen molar-refractivity contribution < 1.29 is 14.7 Å². The fourth-order valence-corrected chi connectivity index (χ4v) is 5.90. The molecule has 0 aliphatic heterocycles. The van der Waals surface area contributed by atoms with Crippen molar-refractivity contribution >= 4 is 28.2 Å². The summed E-state index contributed by atoms with van der Waals surface area (Å²) >= 11 is 1.50. The number of thiophene rings is 1. The van der Waals surface area contributed by atoms with Crippen LogP contribution in [0.5, 0.6) is 0 Å². The highest BCUT2D eigenvalue weighted by Crippen LogP contribution is 2.49. The number of fused-ring (bicyclic) bond motifs is 3. The van der Waals surface area contributed by atoms with Gasteiger partial charge in [0, 0.05) is 4.88 Å². The molecule has 2 unspecified atom stereocenters. The lowest BCUT2D eigenvalue weighted by Crippen LogP contribution is -2.36. The first-order valence-electron chi connectivity index (χ1n) is 8.86. The van der Waals surface area contributed by atoms with Crippen LogP contribution in [0.15, 0.2) is 12.2 Å². The van der Waals surface area contributed by atoms with E-state index in [1.807, 2.05) is 12.2 Å². The van der Waals surface area contributed by atoms with Crippen LogP contribution in [0.4, 0.5) is 5.00 Å². The summed E-state index contributed by atoms with van der Waals surface area (Å²) in [6.45, 7) is 0. The molecule has 0 saturated heterocycles. The minimum absolute atomic E-state index is 0.00516. The zero-order chi connectivity index (χ0) is 17.6. The summed E-state index contributed by atoms with van der Waals surface area (Å²) in [5.41, 5.74) is 1.67. The molecule has 0 aromatic carbocycles. The Bertz CT molecular complexity index is 804. The van der Waals surface area contributed by atoms with Gasteiger partial charge in [0.15, 0.2) is 0 Å². The number of rotatable bonds is 3. The molecule has 1 saturated carbocycles. The Kier molecular flexibility index (Phi) is 4.12. The molecule has 1 aromatic heterocycles. The normalized spacial score (nSPS) is 29.7. The second kappa shape index (κ2) is 6.30. The molecule has 6 heteroatoms. The van der Waals surface area contributed by atoms with Crippen molar-refractivity contribution in [1.82, 2.24) is 0 Å². The number of nitriles is 1. The van der Waals surface area contributed by atoms with E-state index in [0.29, 0.717) is 10.6 Å². The van der Waals surface area contributed by atoms with Crippen LogP contribution in [0.2, 0.25) is 0 Å². The van der Waals surface area contributed by atoms with Gasteiger partial charge in [-0.2, -0.15) is 5.26 Å². The zero-order valence-corrected chi connectivity index (χ0v) is 14.6. The number of hydrogen-bond donors (Lipinski definition) is 2. The van der Waals surface area contributed by atoms with Crippen molar-refractivity contribution in [1.29, 1.82) is 5.26 Å². The number of amides is 1. The zero-order valence-electron chi connectivity index (χ0n) is 13.8. The van der Waals surface area contributed by atoms with Crippen molar-refractivity contribution in [3.05, 3.63) is 28.2 Å². The number of nitrogens with zero attached hydrogens (tertiary/aromatic N) is 1. The van der Waals surface area contributed by atoms with Gasteiger partial charge in [0.05, 0.1) is 17.4 Å². The quantitative estimate of drug-likeness (QED) is 0.642. The van der Waals surface area contributed by atoms with Gasteiger partial charge in [-0.05, 0) is 49.5 Å². The lowest BCUT2D eigenvalue weighted by atomic mass is 9.82. The molecular formula is C19H20N2O3S. The maximum absolute atomic E-state index is 12.9. The third kappa shape index (κ3) is 2.67. The Morgan fingerprint density at radius 1 is 1.16 bits per heavy atom. The average molecular weight is 356 g/mol. The number of aryl methyl sites for hydroxylation is 1. The Morgan fingerprint density at radius 3 is 2.60 bits per heavy atom. The van der Waals surface area contributed by atoms with E-state index in [9.17, 15) is 20.0 Å². The standard InChI is InChI=1S/C19H20N2O3S/c20-9-13-12-4-2-1-3-5-14(12)25-18(13)21-17(22)15-10-6-7-11(8-10)16(15)19(23)24/h6-7,10-11,15-16H,1-5,8H2,(H,21,22)(H,23,24)/t10?,11?,15-,16+/m1/s1. The van der Waals surface area contributed by atoms with Crippen LogP contribution in [0.1, 0.15) is 41.7 Å². The minimum atomic E-state index is -0.903. The Morgan fingerprint density at radius 2 is 1.88 bits per heavy atom. The van der Waals surface area contributed by atoms with Crippen molar-refractivity contribution in [2.45, 2.75) is 38.5 Å². The lowest BCUT2D eigenvalue weighted by Gasteiger charge is -2.23. The van der Waals surface area contributed by atoms with Crippen molar-refractivity contribution in [3.8, 4) is 6.07 Å². The van der Waals surface area contributed by atoms with Crippen LogP contribution < -0.4 is 5.32 Å². The summed E-state index contributed by atoms with van der Waals surface area (Å²) in [6.07, 6.45) is 9.85. The van der Waals surface area contributed by atoms with Crippen molar-refractivity contribution in [2.24, 2.45) is 23.7 Å². The molecule has 1 heterocycles. The van der Waals surface area contributed by atoms with E-state index < -0.39 is 17.8 Å². The van der Waals surface area contributed by atoms with Gasteiger partial charge in [-0.25, -0.2) is 0 Å². The first kappa shape index (κ1) is 16.3. The van der Waals surface area contributed by atoms with Gasteiger partial charge in [-0.3, -0.25) is 9.59 Å². The summed E-state index contributed by atoms with van der Waals surface area (Å²) in [5.74, 6) is -2.40. The fourth-order valence-electron chi connectivity index (χ4n) is 4.66. The molecule has 2 N–H and O–H groups in total. The second-order valence-corrected chi connectivity index (χ2v) is 8.31. The summed E-state index contributed by atoms with van der Waals surface area (Å²) in [4.78, 5) is 25.7. The molecule has 1 fully saturated rings. The maximum atomic E-state index is 12.9. The van der Waals surface area contributed by atoms with Gasteiger partial charge < -0.3 is 10.4 Å². The van der Waals surface area contributed by atoms with Crippen LogP contribution in [0, 0.1) is 35.0 Å². The lowest BCUT2D eigenvalue weighted by molar-refractivity contribution is -0.146. The van der Waals surface area contributed by atoms with Gasteiger partial charge in [-0.15, -0.1) is 11.3 Å². The number of carboxylic acids is 1. The van der Waals surface area contributed by atoms with Gasteiger partial charge in [-0.1, -0.05) is 18.6 Å². The Balaban J connectivity index is 1.60. The molecule has 4 atom stereocenters. The number of hydrogen-bond acceptors (Lipinski definition) is 4. The van der Waals surface area contributed by atoms with Gasteiger partial charge in [0.25, 0.3) is 0 Å². The number of aliphatic carboxylic acids is 1. The Hall–Kier alpha value is -2.13. The summed E-state index contributed by atoms with van der Waals surface area (Å²) < 4.78 is 0. The summed E-state index contributed by atoms with van der Waals surface area (Å²) in [6, 6.07) is 2.26. The minimum Gasteiger partial charge on any atom is -0.481 e.